The molecule has 0 bridgehead atoms. The fraction of sp³-hybridized carbons (Fsp3) is 0.300. The topological polar surface area (TPSA) is 17.1 Å². The van der Waals surface area contributed by atoms with Crippen LogP contribution in [0.25, 0.3) is 0 Å². The summed E-state index contributed by atoms with van der Waals surface area (Å²) in [5.74, 6) is 0.217. The third kappa shape index (κ3) is 2.54. The minimum absolute atomic E-state index is 0. The highest BCUT2D eigenvalue weighted by Crippen LogP contribution is 2.03. The van der Waals surface area contributed by atoms with Crippen LogP contribution in [-0.4, -0.2) is 5.78 Å². The predicted molar refractivity (Wildman–Crippen MR) is 47.7 cm³/mol. The Morgan fingerprint density at radius 3 is 2.36 bits per heavy atom. The molecule has 1 heteroatoms. The van der Waals surface area contributed by atoms with Crippen LogP contribution in [0.3, 0.4) is 0 Å². The molecule has 0 spiro atoms. The maximum absolute atomic E-state index is 10.7. The minimum Gasteiger partial charge on any atom is -0.300 e. The SMILES string of the molecule is CC(=O)Cc1ccc(C)cc1.[HH]. The first-order chi connectivity index (χ1) is 5.18. The zero-order valence-corrected chi connectivity index (χ0v) is 6.92. The van der Waals surface area contributed by atoms with Crippen LogP contribution in [0.1, 0.15) is 19.5 Å². The number of rotatable bonds is 2. The van der Waals surface area contributed by atoms with E-state index in [-0.39, 0.29) is 7.21 Å². The number of benzene rings is 1. The fourth-order valence-electron chi connectivity index (χ4n) is 0.993. The molecule has 1 nitrogen and oxygen atoms in total. The van der Waals surface area contributed by atoms with Gasteiger partial charge in [-0.05, 0) is 19.4 Å². The summed E-state index contributed by atoms with van der Waals surface area (Å²) in [5, 5.41) is 0. The Balaban J connectivity index is 0.00000121. The smallest absolute Gasteiger partial charge is 0.134 e. The van der Waals surface area contributed by atoms with Crippen molar-refractivity contribution >= 4 is 5.78 Å². The van der Waals surface area contributed by atoms with E-state index < -0.39 is 0 Å². The molecule has 1 aromatic rings. The summed E-state index contributed by atoms with van der Waals surface area (Å²) < 4.78 is 0. The van der Waals surface area contributed by atoms with Crippen molar-refractivity contribution in [2.45, 2.75) is 20.3 Å². The second kappa shape index (κ2) is 3.33. The number of Topliss-reactive ketones (excluding diaryl/α,β-unsaturated/α-hetero) is 1. The van der Waals surface area contributed by atoms with E-state index in [1.165, 1.54) is 5.56 Å². The van der Waals surface area contributed by atoms with Crippen LogP contribution >= 0.6 is 0 Å². The van der Waals surface area contributed by atoms with Crippen LogP contribution in [0.5, 0.6) is 0 Å². The average Bonchev–Trinajstić information content (AvgIpc) is 1.93. The molecular formula is C10H14O. The molecule has 0 radical (unpaired) electrons. The average molecular weight is 150 g/mol. The summed E-state index contributed by atoms with van der Waals surface area (Å²) in [6.07, 6.45) is 0.556. The van der Waals surface area contributed by atoms with Crippen LogP contribution in [0.4, 0.5) is 0 Å². The van der Waals surface area contributed by atoms with Gasteiger partial charge in [-0.2, -0.15) is 0 Å². The molecule has 0 unspecified atom stereocenters. The van der Waals surface area contributed by atoms with Gasteiger partial charge in [0.2, 0.25) is 0 Å². The molecular weight excluding hydrogens is 136 g/mol. The van der Waals surface area contributed by atoms with Crippen molar-refractivity contribution in [2.24, 2.45) is 0 Å². The van der Waals surface area contributed by atoms with Gasteiger partial charge < -0.3 is 0 Å². The molecule has 0 atom stereocenters. The van der Waals surface area contributed by atoms with E-state index >= 15 is 0 Å². The second-order valence-corrected chi connectivity index (χ2v) is 2.86. The van der Waals surface area contributed by atoms with E-state index in [9.17, 15) is 4.79 Å². The van der Waals surface area contributed by atoms with Crippen LogP contribution in [-0.2, 0) is 11.2 Å². The lowest BCUT2D eigenvalue weighted by Gasteiger charge is -1.96. The molecule has 11 heavy (non-hydrogen) atoms. The van der Waals surface area contributed by atoms with Crippen molar-refractivity contribution in [1.29, 1.82) is 0 Å². The number of aryl methyl sites for hydroxylation is 1. The van der Waals surface area contributed by atoms with Gasteiger partial charge in [-0.15, -0.1) is 0 Å². The molecule has 0 heterocycles. The number of hydrogen-bond donors (Lipinski definition) is 0. The van der Waals surface area contributed by atoms with Gasteiger partial charge in [0.1, 0.15) is 5.78 Å². The largest absolute Gasteiger partial charge is 0.300 e. The normalized spacial score (nSPS) is 9.64. The summed E-state index contributed by atoms with van der Waals surface area (Å²) in [6.45, 7) is 3.65. The van der Waals surface area contributed by atoms with Gasteiger partial charge in [0.05, 0.1) is 0 Å². The van der Waals surface area contributed by atoms with Crippen molar-refractivity contribution in [3.63, 3.8) is 0 Å². The van der Waals surface area contributed by atoms with E-state index in [1.54, 1.807) is 6.92 Å². The molecule has 1 rings (SSSR count). The van der Waals surface area contributed by atoms with Crippen LogP contribution in [0, 0.1) is 6.92 Å². The van der Waals surface area contributed by atoms with Crippen molar-refractivity contribution in [3.8, 4) is 0 Å². The molecule has 0 aliphatic rings. The quantitative estimate of drug-likeness (QED) is 0.632. The molecule has 60 valence electrons. The van der Waals surface area contributed by atoms with Crippen molar-refractivity contribution in [1.82, 2.24) is 0 Å². The summed E-state index contributed by atoms with van der Waals surface area (Å²) in [5.41, 5.74) is 2.33. The Bertz CT molecular complexity index is 251. The zero-order valence-electron chi connectivity index (χ0n) is 6.92. The van der Waals surface area contributed by atoms with Crippen LogP contribution in [0.2, 0.25) is 0 Å². The number of hydrogen-bond acceptors (Lipinski definition) is 1. The lowest BCUT2D eigenvalue weighted by Crippen LogP contribution is -1.95. The zero-order chi connectivity index (χ0) is 8.27. The maximum Gasteiger partial charge on any atom is 0.134 e. The summed E-state index contributed by atoms with van der Waals surface area (Å²) >= 11 is 0. The first kappa shape index (κ1) is 7.99. The van der Waals surface area contributed by atoms with E-state index in [4.69, 9.17) is 0 Å². The Hall–Kier alpha value is -1.11. The van der Waals surface area contributed by atoms with Gasteiger partial charge in [-0.1, -0.05) is 29.8 Å². The van der Waals surface area contributed by atoms with Crippen molar-refractivity contribution in [2.75, 3.05) is 0 Å². The summed E-state index contributed by atoms with van der Waals surface area (Å²) in [7, 11) is 0. The van der Waals surface area contributed by atoms with Crippen molar-refractivity contribution in [3.05, 3.63) is 35.4 Å². The van der Waals surface area contributed by atoms with Gasteiger partial charge in [-0.3, -0.25) is 4.79 Å². The summed E-state index contributed by atoms with van der Waals surface area (Å²) in [4.78, 5) is 10.7. The van der Waals surface area contributed by atoms with E-state index in [0.29, 0.717) is 6.42 Å². The third-order valence-electron chi connectivity index (χ3n) is 1.57. The Morgan fingerprint density at radius 1 is 1.36 bits per heavy atom. The monoisotopic (exact) mass is 150 g/mol. The first-order valence-electron chi connectivity index (χ1n) is 3.73. The molecule has 0 aliphatic carbocycles. The second-order valence-electron chi connectivity index (χ2n) is 2.86. The molecule has 0 saturated carbocycles. The van der Waals surface area contributed by atoms with Gasteiger partial charge in [0.15, 0.2) is 0 Å². The molecule has 0 aliphatic heterocycles. The van der Waals surface area contributed by atoms with Gasteiger partial charge in [0, 0.05) is 7.85 Å². The minimum atomic E-state index is 0. The molecule has 0 amide bonds. The van der Waals surface area contributed by atoms with Crippen LogP contribution in [0.15, 0.2) is 24.3 Å². The Labute approximate surface area is 68.5 Å². The Kier molecular flexibility index (Phi) is 2.42. The lowest BCUT2D eigenvalue weighted by molar-refractivity contribution is -0.116. The number of ketones is 1. The molecule has 0 fully saturated rings. The molecule has 0 saturated heterocycles. The van der Waals surface area contributed by atoms with Gasteiger partial charge in [0.25, 0.3) is 0 Å². The molecule has 0 aromatic heterocycles. The molecule has 1 aromatic carbocycles. The highest BCUT2D eigenvalue weighted by Gasteiger charge is 1.95. The number of carbonyl (C=O) groups excluding carboxylic acids is 1. The summed E-state index contributed by atoms with van der Waals surface area (Å²) in [6, 6.07) is 8.05. The fourth-order valence-corrected chi connectivity index (χ4v) is 0.993. The predicted octanol–water partition coefficient (Wildman–Crippen LogP) is 2.37. The van der Waals surface area contributed by atoms with E-state index in [0.717, 1.165) is 5.56 Å². The maximum atomic E-state index is 10.7. The molecule has 0 N–H and O–H groups in total. The van der Waals surface area contributed by atoms with Gasteiger partial charge >= 0.3 is 0 Å². The highest BCUT2D eigenvalue weighted by molar-refractivity contribution is 5.78. The lowest BCUT2D eigenvalue weighted by atomic mass is 10.1. The Morgan fingerprint density at radius 2 is 1.91 bits per heavy atom. The van der Waals surface area contributed by atoms with Crippen molar-refractivity contribution < 1.29 is 6.22 Å². The van der Waals surface area contributed by atoms with Crippen LogP contribution < -0.4 is 0 Å². The highest BCUT2D eigenvalue weighted by atomic mass is 16.1. The third-order valence-corrected chi connectivity index (χ3v) is 1.57. The number of carbonyl (C=O) groups is 1. The van der Waals surface area contributed by atoms with E-state index in [1.807, 2.05) is 31.2 Å². The standard InChI is InChI=1S/C10H12O.H2/c1-8-3-5-10(6-4-8)7-9(2)11;/h3-6H,7H2,1-2H3;1H. The first-order valence-corrected chi connectivity index (χ1v) is 3.73. The van der Waals surface area contributed by atoms with E-state index in [2.05, 4.69) is 0 Å². The van der Waals surface area contributed by atoms with Gasteiger partial charge in [-0.25, -0.2) is 0 Å².